The minimum Gasteiger partial charge on any atom is -0.377 e. The third-order valence-corrected chi connectivity index (χ3v) is 5.10. The Morgan fingerprint density at radius 1 is 1.42 bits per heavy atom. The van der Waals surface area contributed by atoms with Gasteiger partial charge in [-0.05, 0) is 56.5 Å². The van der Waals surface area contributed by atoms with Gasteiger partial charge in [0.05, 0.1) is 6.10 Å². The van der Waals surface area contributed by atoms with Gasteiger partial charge in [-0.3, -0.25) is 0 Å². The number of ether oxygens (including phenoxy) is 1. The molecule has 0 spiro atoms. The van der Waals surface area contributed by atoms with Crippen molar-refractivity contribution in [2.45, 2.75) is 56.4 Å². The highest BCUT2D eigenvalue weighted by atomic mass is 32.2. The van der Waals surface area contributed by atoms with Crippen LogP contribution in [-0.4, -0.2) is 24.5 Å². The normalized spacial score (nSPS) is 22.9. The average Bonchev–Trinajstić information content (AvgIpc) is 2.78. The molecule has 0 aliphatic carbocycles. The van der Waals surface area contributed by atoms with Crippen molar-refractivity contribution in [3.8, 4) is 0 Å². The maximum absolute atomic E-state index is 5.63. The molecule has 1 aliphatic heterocycles. The number of thioether (sulfide) groups is 1. The van der Waals surface area contributed by atoms with Crippen LogP contribution in [0.25, 0.3) is 0 Å². The lowest BCUT2D eigenvalue weighted by molar-refractivity contribution is 0.127. The summed E-state index contributed by atoms with van der Waals surface area (Å²) in [5.74, 6) is 0. The van der Waals surface area contributed by atoms with Gasteiger partial charge in [0.25, 0.3) is 0 Å². The number of nitrogens with one attached hydrogen (secondary N) is 1. The standard InChI is InChI=1S/C16H25NOS/c1-4-8-17-11-14-5-6-15(10-12(14)2)19-16-7-9-18-13(16)3/h5-6,10,13,16-17H,4,7-9,11H2,1-3H3. The van der Waals surface area contributed by atoms with Gasteiger partial charge < -0.3 is 10.1 Å². The quantitative estimate of drug-likeness (QED) is 0.801. The number of rotatable bonds is 6. The van der Waals surface area contributed by atoms with Crippen LogP contribution in [-0.2, 0) is 11.3 Å². The van der Waals surface area contributed by atoms with E-state index in [2.05, 4.69) is 44.3 Å². The van der Waals surface area contributed by atoms with Gasteiger partial charge in [-0.1, -0.05) is 13.0 Å². The molecule has 2 rings (SSSR count). The Morgan fingerprint density at radius 2 is 2.26 bits per heavy atom. The summed E-state index contributed by atoms with van der Waals surface area (Å²) in [6.07, 6.45) is 2.74. The lowest BCUT2D eigenvalue weighted by atomic mass is 10.1. The van der Waals surface area contributed by atoms with E-state index in [0.717, 1.165) is 19.7 Å². The summed E-state index contributed by atoms with van der Waals surface area (Å²) in [5, 5.41) is 4.08. The lowest BCUT2D eigenvalue weighted by Gasteiger charge is -2.15. The van der Waals surface area contributed by atoms with Crippen LogP contribution in [0.1, 0.15) is 37.8 Å². The van der Waals surface area contributed by atoms with Gasteiger partial charge in [-0.2, -0.15) is 0 Å². The van der Waals surface area contributed by atoms with Crippen LogP contribution in [0.4, 0.5) is 0 Å². The highest BCUT2D eigenvalue weighted by Crippen LogP contribution is 2.33. The van der Waals surface area contributed by atoms with Gasteiger partial charge >= 0.3 is 0 Å². The fourth-order valence-corrected chi connectivity index (χ4v) is 3.61. The lowest BCUT2D eigenvalue weighted by Crippen LogP contribution is -2.15. The Kier molecular flexibility index (Phi) is 5.74. The maximum Gasteiger partial charge on any atom is 0.0669 e. The van der Waals surface area contributed by atoms with E-state index in [1.807, 2.05) is 11.8 Å². The van der Waals surface area contributed by atoms with Crippen molar-refractivity contribution in [1.82, 2.24) is 5.32 Å². The van der Waals surface area contributed by atoms with Crippen LogP contribution in [0.2, 0.25) is 0 Å². The molecule has 1 aromatic rings. The molecule has 3 heteroatoms. The molecule has 1 saturated heterocycles. The molecule has 2 atom stereocenters. The van der Waals surface area contributed by atoms with E-state index in [9.17, 15) is 0 Å². The fraction of sp³-hybridized carbons (Fsp3) is 0.625. The molecule has 1 aromatic carbocycles. The number of hydrogen-bond acceptors (Lipinski definition) is 3. The highest BCUT2D eigenvalue weighted by molar-refractivity contribution is 8.00. The van der Waals surface area contributed by atoms with Crippen molar-refractivity contribution in [3.05, 3.63) is 29.3 Å². The zero-order valence-corrected chi connectivity index (χ0v) is 13.1. The predicted molar refractivity (Wildman–Crippen MR) is 82.9 cm³/mol. The van der Waals surface area contributed by atoms with Crippen molar-refractivity contribution >= 4 is 11.8 Å². The van der Waals surface area contributed by atoms with Gasteiger partial charge in [-0.15, -0.1) is 11.8 Å². The van der Waals surface area contributed by atoms with E-state index >= 15 is 0 Å². The summed E-state index contributed by atoms with van der Waals surface area (Å²) < 4.78 is 5.63. The highest BCUT2D eigenvalue weighted by Gasteiger charge is 2.25. The van der Waals surface area contributed by atoms with Crippen LogP contribution in [0.15, 0.2) is 23.1 Å². The minimum atomic E-state index is 0.385. The molecule has 0 bridgehead atoms. The van der Waals surface area contributed by atoms with Gasteiger partial charge in [0.2, 0.25) is 0 Å². The van der Waals surface area contributed by atoms with Crippen molar-refractivity contribution in [2.24, 2.45) is 0 Å². The maximum atomic E-state index is 5.63. The molecule has 0 aromatic heterocycles. The van der Waals surface area contributed by atoms with Gasteiger partial charge in [-0.25, -0.2) is 0 Å². The summed E-state index contributed by atoms with van der Waals surface area (Å²) in [7, 11) is 0. The van der Waals surface area contributed by atoms with Crippen LogP contribution in [0.3, 0.4) is 0 Å². The molecule has 1 fully saturated rings. The van der Waals surface area contributed by atoms with Crippen LogP contribution >= 0.6 is 11.8 Å². The van der Waals surface area contributed by atoms with E-state index in [1.54, 1.807) is 0 Å². The van der Waals surface area contributed by atoms with Crippen LogP contribution in [0.5, 0.6) is 0 Å². The zero-order chi connectivity index (χ0) is 13.7. The van der Waals surface area contributed by atoms with E-state index in [0.29, 0.717) is 11.4 Å². The summed E-state index contributed by atoms with van der Waals surface area (Å²) in [6, 6.07) is 6.84. The van der Waals surface area contributed by atoms with E-state index in [1.165, 1.54) is 28.9 Å². The largest absolute Gasteiger partial charge is 0.377 e. The third-order valence-electron chi connectivity index (χ3n) is 3.65. The Bertz CT molecular complexity index is 408. The van der Waals surface area contributed by atoms with E-state index in [4.69, 9.17) is 4.74 Å². The topological polar surface area (TPSA) is 21.3 Å². The molecular weight excluding hydrogens is 254 g/mol. The second kappa shape index (κ2) is 7.32. The molecule has 0 radical (unpaired) electrons. The molecule has 1 N–H and O–H groups in total. The van der Waals surface area contributed by atoms with Crippen molar-refractivity contribution < 1.29 is 4.74 Å². The Morgan fingerprint density at radius 3 is 2.89 bits per heavy atom. The smallest absolute Gasteiger partial charge is 0.0669 e. The third kappa shape index (κ3) is 4.23. The van der Waals surface area contributed by atoms with Gasteiger partial charge in [0.1, 0.15) is 0 Å². The molecule has 0 saturated carbocycles. The van der Waals surface area contributed by atoms with Gasteiger partial charge in [0.15, 0.2) is 0 Å². The SMILES string of the molecule is CCCNCc1ccc(SC2CCOC2C)cc1C. The van der Waals surface area contributed by atoms with Crippen LogP contribution < -0.4 is 5.32 Å². The first kappa shape index (κ1) is 14.9. The summed E-state index contributed by atoms with van der Waals surface area (Å²) in [4.78, 5) is 1.37. The first-order valence-electron chi connectivity index (χ1n) is 7.29. The minimum absolute atomic E-state index is 0.385. The first-order chi connectivity index (χ1) is 9.20. The predicted octanol–water partition coefficient (Wildman–Crippen LogP) is 3.76. The molecule has 2 nitrogen and oxygen atoms in total. The van der Waals surface area contributed by atoms with Crippen LogP contribution in [0, 0.1) is 6.92 Å². The molecule has 19 heavy (non-hydrogen) atoms. The molecule has 0 amide bonds. The molecule has 106 valence electrons. The monoisotopic (exact) mass is 279 g/mol. The second-order valence-electron chi connectivity index (χ2n) is 5.29. The van der Waals surface area contributed by atoms with Crippen molar-refractivity contribution in [3.63, 3.8) is 0 Å². The molecular formula is C16H25NOS. The molecule has 1 heterocycles. The van der Waals surface area contributed by atoms with Crippen molar-refractivity contribution in [2.75, 3.05) is 13.2 Å². The fourth-order valence-electron chi connectivity index (χ4n) is 2.38. The summed E-state index contributed by atoms with van der Waals surface area (Å²) in [5.41, 5.74) is 2.80. The Labute approximate surface area is 121 Å². The second-order valence-corrected chi connectivity index (χ2v) is 6.60. The zero-order valence-electron chi connectivity index (χ0n) is 12.2. The molecule has 2 unspecified atom stereocenters. The van der Waals surface area contributed by atoms with E-state index < -0.39 is 0 Å². The molecule has 1 aliphatic rings. The first-order valence-corrected chi connectivity index (χ1v) is 8.17. The summed E-state index contributed by atoms with van der Waals surface area (Å²) in [6.45, 7) is 9.57. The van der Waals surface area contributed by atoms with E-state index in [-0.39, 0.29) is 0 Å². The number of benzene rings is 1. The average molecular weight is 279 g/mol. The van der Waals surface area contributed by atoms with Crippen molar-refractivity contribution in [1.29, 1.82) is 0 Å². The van der Waals surface area contributed by atoms with Gasteiger partial charge in [0, 0.05) is 23.3 Å². The Balaban J connectivity index is 1.94. The Hall–Kier alpha value is -0.510. The number of aryl methyl sites for hydroxylation is 1. The number of hydrogen-bond donors (Lipinski definition) is 1. The summed E-state index contributed by atoms with van der Waals surface area (Å²) >= 11 is 1.97.